The van der Waals surface area contributed by atoms with Crippen LogP contribution in [0.1, 0.15) is 23.6 Å². The van der Waals surface area contributed by atoms with E-state index in [1.165, 1.54) is 13.2 Å². The van der Waals surface area contributed by atoms with Gasteiger partial charge in [-0.15, -0.1) is 0 Å². The number of methoxy groups -OCH3 is 1. The summed E-state index contributed by atoms with van der Waals surface area (Å²) in [4.78, 5) is 26.5. The second-order valence-corrected chi connectivity index (χ2v) is 6.80. The largest absolute Gasteiger partial charge is 0.446 e. The van der Waals surface area contributed by atoms with Gasteiger partial charge in [-0.3, -0.25) is 4.79 Å². The van der Waals surface area contributed by atoms with Gasteiger partial charge in [-0.2, -0.15) is 0 Å². The number of rotatable bonds is 7. The molecule has 0 radical (unpaired) electrons. The predicted octanol–water partition coefficient (Wildman–Crippen LogP) is 4.35. The molecule has 2 atom stereocenters. The fourth-order valence-corrected chi connectivity index (χ4v) is 3.38. The molecule has 1 saturated heterocycles. The molecule has 7 heteroatoms. The first kappa shape index (κ1) is 20.7. The molecule has 3 rings (SSSR count). The topological polar surface area (TPSA) is 55.8 Å². The summed E-state index contributed by atoms with van der Waals surface area (Å²) in [5, 5.41) is 0. The third-order valence-corrected chi connectivity index (χ3v) is 4.82. The Labute approximate surface area is 167 Å². The van der Waals surface area contributed by atoms with Crippen LogP contribution in [0, 0.1) is 17.6 Å². The van der Waals surface area contributed by atoms with Crippen LogP contribution in [0.2, 0.25) is 0 Å². The number of ether oxygens (including phenoxy) is 2. The van der Waals surface area contributed by atoms with E-state index in [9.17, 15) is 18.4 Å². The molecule has 0 saturated carbocycles. The van der Waals surface area contributed by atoms with Crippen molar-refractivity contribution in [2.45, 2.75) is 12.5 Å². The molecule has 0 unspecified atom stereocenters. The van der Waals surface area contributed by atoms with Crippen molar-refractivity contribution in [2.24, 2.45) is 5.92 Å². The lowest BCUT2D eigenvalue weighted by molar-refractivity contribution is -0.135. The van der Waals surface area contributed by atoms with Crippen LogP contribution in [0.5, 0.6) is 0 Å². The highest BCUT2D eigenvalue weighted by molar-refractivity contribution is 5.95. The molecule has 2 aromatic rings. The van der Waals surface area contributed by atoms with Crippen LogP contribution in [-0.2, 0) is 14.3 Å². The van der Waals surface area contributed by atoms with Crippen LogP contribution in [-0.4, -0.2) is 37.2 Å². The monoisotopic (exact) mass is 401 g/mol. The maximum Gasteiger partial charge on any atom is 0.417 e. The van der Waals surface area contributed by atoms with Gasteiger partial charge in [0.1, 0.15) is 24.3 Å². The lowest BCUT2D eigenvalue weighted by Gasteiger charge is -2.25. The molecule has 1 fully saturated rings. The van der Waals surface area contributed by atoms with Crippen LogP contribution in [0.25, 0.3) is 5.57 Å². The Morgan fingerprint density at radius 3 is 2.66 bits per heavy atom. The highest BCUT2D eigenvalue weighted by atomic mass is 19.1. The number of hydrogen-bond donors (Lipinski definition) is 0. The lowest BCUT2D eigenvalue weighted by Crippen LogP contribution is -2.40. The molecule has 0 aliphatic carbocycles. The number of carbonyl (C=O) groups excluding carboxylic acids is 2. The average molecular weight is 401 g/mol. The Hall–Kier alpha value is -3.06. The number of nitrogens with zero attached hydrogens (tertiary/aromatic N) is 1. The average Bonchev–Trinajstić information content (AvgIpc) is 3.09. The number of imide groups is 1. The normalized spacial score (nSPS) is 17.1. The van der Waals surface area contributed by atoms with Crippen LogP contribution in [0.15, 0.2) is 55.1 Å². The highest BCUT2D eigenvalue weighted by Gasteiger charge is 2.41. The third kappa shape index (κ3) is 4.51. The van der Waals surface area contributed by atoms with Crippen molar-refractivity contribution in [3.8, 4) is 0 Å². The van der Waals surface area contributed by atoms with E-state index in [-0.39, 0.29) is 25.2 Å². The Morgan fingerprint density at radius 2 is 2.00 bits per heavy atom. The molecule has 0 bridgehead atoms. The molecule has 0 spiro atoms. The Bertz CT molecular complexity index is 916. The third-order valence-electron chi connectivity index (χ3n) is 4.82. The highest BCUT2D eigenvalue weighted by Crippen LogP contribution is 2.32. The molecular formula is C22H21F2NO4. The van der Waals surface area contributed by atoms with Gasteiger partial charge in [0.05, 0.1) is 12.5 Å². The van der Waals surface area contributed by atoms with Gasteiger partial charge in [0.2, 0.25) is 5.91 Å². The van der Waals surface area contributed by atoms with Gasteiger partial charge in [-0.25, -0.2) is 18.5 Å². The number of allylic oxidation sites excluding steroid dienone is 1. The van der Waals surface area contributed by atoms with Crippen molar-refractivity contribution in [1.82, 2.24) is 4.90 Å². The van der Waals surface area contributed by atoms with E-state index < -0.39 is 35.6 Å². The number of cyclic esters (lactones) is 1. The van der Waals surface area contributed by atoms with E-state index in [1.807, 2.05) is 30.3 Å². The first-order valence-electron chi connectivity index (χ1n) is 9.09. The first-order valence-corrected chi connectivity index (χ1v) is 9.09. The summed E-state index contributed by atoms with van der Waals surface area (Å²) in [5.74, 6) is -2.74. The van der Waals surface area contributed by atoms with Gasteiger partial charge < -0.3 is 9.47 Å². The molecule has 0 aromatic heterocycles. The Kier molecular flexibility index (Phi) is 6.39. The minimum Gasteiger partial charge on any atom is -0.446 e. The molecule has 1 aliphatic heterocycles. The second-order valence-electron chi connectivity index (χ2n) is 6.80. The summed E-state index contributed by atoms with van der Waals surface area (Å²) in [6, 6.07) is 11.7. The second kappa shape index (κ2) is 8.96. The first-order chi connectivity index (χ1) is 13.9. The van der Waals surface area contributed by atoms with Crippen LogP contribution >= 0.6 is 0 Å². The van der Waals surface area contributed by atoms with E-state index in [0.717, 1.165) is 22.6 Å². The molecule has 152 valence electrons. The van der Waals surface area contributed by atoms with E-state index in [2.05, 4.69) is 6.58 Å². The summed E-state index contributed by atoms with van der Waals surface area (Å²) in [7, 11) is 1.43. The summed E-state index contributed by atoms with van der Waals surface area (Å²) in [6.45, 7) is 3.90. The maximum absolute atomic E-state index is 14.1. The number of halogens is 2. The van der Waals surface area contributed by atoms with E-state index in [4.69, 9.17) is 9.47 Å². The predicted molar refractivity (Wildman–Crippen MR) is 103 cm³/mol. The van der Waals surface area contributed by atoms with E-state index >= 15 is 0 Å². The zero-order chi connectivity index (χ0) is 21.0. The van der Waals surface area contributed by atoms with Gasteiger partial charge in [0.25, 0.3) is 0 Å². The number of carbonyl (C=O) groups is 2. The van der Waals surface area contributed by atoms with Crippen molar-refractivity contribution in [3.05, 3.63) is 77.9 Å². The van der Waals surface area contributed by atoms with Crippen molar-refractivity contribution in [1.29, 1.82) is 0 Å². The molecule has 2 aromatic carbocycles. The van der Waals surface area contributed by atoms with Crippen molar-refractivity contribution in [2.75, 3.05) is 20.3 Å². The Balaban J connectivity index is 1.82. The fourth-order valence-electron chi connectivity index (χ4n) is 3.38. The van der Waals surface area contributed by atoms with Crippen molar-refractivity contribution >= 4 is 17.6 Å². The Morgan fingerprint density at radius 1 is 1.28 bits per heavy atom. The lowest BCUT2D eigenvalue weighted by atomic mass is 9.93. The van der Waals surface area contributed by atoms with Gasteiger partial charge in [-0.1, -0.05) is 36.9 Å². The van der Waals surface area contributed by atoms with E-state index in [0.29, 0.717) is 5.57 Å². The minimum absolute atomic E-state index is 0.00591. The van der Waals surface area contributed by atoms with Crippen LogP contribution in [0.4, 0.5) is 13.6 Å². The summed E-state index contributed by atoms with van der Waals surface area (Å²) in [6.07, 6.45) is -0.691. The van der Waals surface area contributed by atoms with Gasteiger partial charge in [0, 0.05) is 18.7 Å². The maximum atomic E-state index is 14.1. The van der Waals surface area contributed by atoms with Gasteiger partial charge in [0.15, 0.2) is 0 Å². The summed E-state index contributed by atoms with van der Waals surface area (Å²) in [5.41, 5.74) is 1.19. The van der Waals surface area contributed by atoms with Crippen LogP contribution < -0.4 is 0 Å². The molecule has 29 heavy (non-hydrogen) atoms. The number of hydrogen-bond acceptors (Lipinski definition) is 4. The van der Waals surface area contributed by atoms with Gasteiger partial charge >= 0.3 is 6.09 Å². The molecule has 1 aliphatic rings. The smallest absolute Gasteiger partial charge is 0.417 e. The van der Waals surface area contributed by atoms with E-state index in [1.54, 1.807) is 0 Å². The molecule has 2 amide bonds. The number of amides is 2. The quantitative estimate of drug-likeness (QED) is 0.692. The zero-order valence-electron chi connectivity index (χ0n) is 15.9. The van der Waals surface area contributed by atoms with Crippen molar-refractivity contribution in [3.63, 3.8) is 0 Å². The SMILES string of the molecule is C=C(C[C@@H](COC)C(=O)N1C(=O)OC[C@H]1c1ccccc1)c1ccc(F)cc1F. The van der Waals surface area contributed by atoms with Gasteiger partial charge in [-0.05, 0) is 29.7 Å². The zero-order valence-corrected chi connectivity index (χ0v) is 15.9. The van der Waals surface area contributed by atoms with Crippen LogP contribution in [0.3, 0.4) is 0 Å². The standard InChI is InChI=1S/C22H21F2NO4/c1-14(18-9-8-17(23)11-19(18)24)10-16(12-28-2)21(26)25-20(13-29-22(25)27)15-6-4-3-5-7-15/h3-9,11,16,20H,1,10,12-13H2,2H3/t16-,20-/m0/s1. The summed E-state index contributed by atoms with van der Waals surface area (Å²) >= 11 is 0. The minimum atomic E-state index is -0.784. The fraction of sp³-hybridized carbons (Fsp3) is 0.273. The molecular weight excluding hydrogens is 380 g/mol. The number of benzene rings is 2. The molecule has 5 nitrogen and oxygen atoms in total. The molecule has 0 N–H and O–H groups in total. The van der Waals surface area contributed by atoms with Crippen molar-refractivity contribution < 1.29 is 27.8 Å². The summed E-state index contributed by atoms with van der Waals surface area (Å²) < 4.78 is 37.5. The molecule has 1 heterocycles.